The summed E-state index contributed by atoms with van der Waals surface area (Å²) in [6.45, 7) is 7.87. The number of nitrogens with one attached hydrogen (secondary N) is 2. The van der Waals surface area contributed by atoms with Gasteiger partial charge in [-0.25, -0.2) is 0 Å². The fourth-order valence-electron chi connectivity index (χ4n) is 2.24. The van der Waals surface area contributed by atoms with Crippen LogP contribution in [0.15, 0.2) is 28.7 Å². The van der Waals surface area contributed by atoms with Crippen molar-refractivity contribution in [2.45, 2.75) is 31.7 Å². The maximum absolute atomic E-state index is 3.66. The van der Waals surface area contributed by atoms with E-state index in [0.717, 1.165) is 24.1 Å². The van der Waals surface area contributed by atoms with Crippen molar-refractivity contribution in [2.75, 3.05) is 19.6 Å². The van der Waals surface area contributed by atoms with E-state index < -0.39 is 0 Å². The van der Waals surface area contributed by atoms with Crippen LogP contribution < -0.4 is 10.6 Å². The van der Waals surface area contributed by atoms with Gasteiger partial charge in [0, 0.05) is 29.0 Å². The van der Waals surface area contributed by atoms with Crippen molar-refractivity contribution in [3.05, 3.63) is 34.3 Å². The molecule has 0 amide bonds. The topological polar surface area (TPSA) is 24.1 Å². The molecule has 1 atom stereocenters. The molecular weight excluding hydrogens is 276 g/mol. The Morgan fingerprint density at radius 1 is 1.47 bits per heavy atom. The molecule has 2 nitrogen and oxygen atoms in total. The average Bonchev–Trinajstić information content (AvgIpc) is 2.79. The fourth-order valence-corrected chi connectivity index (χ4v) is 2.64. The molecule has 0 radical (unpaired) electrons. The van der Waals surface area contributed by atoms with Crippen LogP contribution in [0.5, 0.6) is 0 Å². The van der Waals surface area contributed by atoms with Gasteiger partial charge >= 0.3 is 0 Å². The highest BCUT2D eigenvalue weighted by molar-refractivity contribution is 9.10. The minimum absolute atomic E-state index is 0.173. The van der Waals surface area contributed by atoms with Gasteiger partial charge in [-0.1, -0.05) is 41.9 Å². The summed E-state index contributed by atoms with van der Waals surface area (Å²) >= 11 is 3.54. The summed E-state index contributed by atoms with van der Waals surface area (Å²) in [5.74, 6) is 0. The number of hydrogen-bond acceptors (Lipinski definition) is 2. The summed E-state index contributed by atoms with van der Waals surface area (Å²) in [5, 5.41) is 7.05. The van der Waals surface area contributed by atoms with Crippen LogP contribution in [0.25, 0.3) is 0 Å². The molecule has 0 saturated carbocycles. The van der Waals surface area contributed by atoms with E-state index in [4.69, 9.17) is 0 Å². The Kier molecular flexibility index (Phi) is 4.23. The van der Waals surface area contributed by atoms with E-state index in [9.17, 15) is 0 Å². The number of benzene rings is 1. The predicted octanol–water partition coefficient (Wildman–Crippen LogP) is 2.68. The third-order valence-electron chi connectivity index (χ3n) is 3.50. The standard InChI is InChI=1S/C14H21BrN2/c1-14(2,10-17-13-6-7-16-9-13)11-4-3-5-12(15)8-11/h3-5,8,13,16-17H,6-7,9-10H2,1-2H3. The van der Waals surface area contributed by atoms with Gasteiger partial charge in [-0.3, -0.25) is 0 Å². The Hall–Kier alpha value is -0.380. The molecule has 1 aliphatic rings. The highest BCUT2D eigenvalue weighted by atomic mass is 79.9. The van der Waals surface area contributed by atoms with Gasteiger partial charge in [0.2, 0.25) is 0 Å². The SMILES string of the molecule is CC(C)(CNC1CCNC1)c1cccc(Br)c1. The number of rotatable bonds is 4. The lowest BCUT2D eigenvalue weighted by atomic mass is 9.84. The van der Waals surface area contributed by atoms with E-state index in [1.54, 1.807) is 0 Å². The molecule has 0 aromatic heterocycles. The van der Waals surface area contributed by atoms with Crippen LogP contribution >= 0.6 is 15.9 Å². The number of halogens is 1. The van der Waals surface area contributed by atoms with E-state index in [2.05, 4.69) is 64.7 Å². The molecule has 2 rings (SSSR count). The smallest absolute Gasteiger partial charge is 0.0204 e. The van der Waals surface area contributed by atoms with Crippen LogP contribution in [-0.2, 0) is 5.41 Å². The van der Waals surface area contributed by atoms with Crippen molar-refractivity contribution in [1.82, 2.24) is 10.6 Å². The lowest BCUT2D eigenvalue weighted by molar-refractivity contribution is 0.428. The highest BCUT2D eigenvalue weighted by Gasteiger charge is 2.23. The number of hydrogen-bond donors (Lipinski definition) is 2. The van der Waals surface area contributed by atoms with E-state index in [1.165, 1.54) is 12.0 Å². The molecular formula is C14H21BrN2. The summed E-state index contributed by atoms with van der Waals surface area (Å²) in [6.07, 6.45) is 1.24. The van der Waals surface area contributed by atoms with Gasteiger partial charge in [0.1, 0.15) is 0 Å². The Balaban J connectivity index is 1.97. The molecule has 0 spiro atoms. The molecule has 1 unspecified atom stereocenters. The van der Waals surface area contributed by atoms with Crippen molar-refractivity contribution >= 4 is 15.9 Å². The molecule has 1 aromatic carbocycles. The van der Waals surface area contributed by atoms with E-state index >= 15 is 0 Å². The molecule has 0 aliphatic carbocycles. The Morgan fingerprint density at radius 3 is 2.94 bits per heavy atom. The van der Waals surface area contributed by atoms with Crippen LogP contribution in [0.1, 0.15) is 25.8 Å². The monoisotopic (exact) mass is 296 g/mol. The Labute approximate surface area is 112 Å². The summed E-state index contributed by atoms with van der Waals surface area (Å²) in [5.41, 5.74) is 1.55. The van der Waals surface area contributed by atoms with Crippen molar-refractivity contribution in [3.8, 4) is 0 Å². The predicted molar refractivity (Wildman–Crippen MR) is 76.4 cm³/mol. The van der Waals surface area contributed by atoms with Crippen molar-refractivity contribution in [2.24, 2.45) is 0 Å². The second-order valence-corrected chi connectivity index (χ2v) is 6.38. The van der Waals surface area contributed by atoms with Crippen molar-refractivity contribution in [1.29, 1.82) is 0 Å². The fraction of sp³-hybridized carbons (Fsp3) is 0.571. The third-order valence-corrected chi connectivity index (χ3v) is 3.99. The molecule has 1 aliphatic heterocycles. The van der Waals surface area contributed by atoms with Crippen LogP contribution in [0, 0.1) is 0 Å². The van der Waals surface area contributed by atoms with Crippen LogP contribution in [-0.4, -0.2) is 25.7 Å². The molecule has 0 bridgehead atoms. The van der Waals surface area contributed by atoms with Gasteiger partial charge in [-0.15, -0.1) is 0 Å². The zero-order valence-corrected chi connectivity index (χ0v) is 12.2. The van der Waals surface area contributed by atoms with Gasteiger partial charge < -0.3 is 10.6 Å². The summed E-state index contributed by atoms with van der Waals surface area (Å²) in [4.78, 5) is 0. The lowest BCUT2D eigenvalue weighted by Crippen LogP contribution is -2.40. The molecule has 2 N–H and O–H groups in total. The molecule has 17 heavy (non-hydrogen) atoms. The molecule has 1 saturated heterocycles. The van der Waals surface area contributed by atoms with Crippen LogP contribution in [0.3, 0.4) is 0 Å². The third kappa shape index (κ3) is 3.54. The normalized spacial score (nSPS) is 20.8. The van der Waals surface area contributed by atoms with E-state index in [-0.39, 0.29) is 5.41 Å². The second kappa shape index (κ2) is 5.51. The maximum atomic E-state index is 3.66. The quantitative estimate of drug-likeness (QED) is 0.893. The second-order valence-electron chi connectivity index (χ2n) is 5.46. The van der Waals surface area contributed by atoms with Gasteiger partial charge in [-0.05, 0) is 30.7 Å². The Morgan fingerprint density at radius 2 is 2.29 bits per heavy atom. The van der Waals surface area contributed by atoms with E-state index in [1.807, 2.05) is 0 Å². The first-order valence-corrected chi connectivity index (χ1v) is 7.07. The zero-order valence-electron chi connectivity index (χ0n) is 10.6. The van der Waals surface area contributed by atoms with Gasteiger partial charge in [0.15, 0.2) is 0 Å². The zero-order chi connectivity index (χ0) is 12.3. The van der Waals surface area contributed by atoms with Gasteiger partial charge in [0.05, 0.1) is 0 Å². The average molecular weight is 297 g/mol. The first-order valence-electron chi connectivity index (χ1n) is 6.28. The molecule has 94 valence electrons. The molecule has 1 aromatic rings. The molecule has 1 fully saturated rings. The first kappa shape index (κ1) is 13.1. The maximum Gasteiger partial charge on any atom is 0.0204 e. The molecule has 1 heterocycles. The largest absolute Gasteiger partial charge is 0.315 e. The van der Waals surface area contributed by atoms with Gasteiger partial charge in [0.25, 0.3) is 0 Å². The molecule has 3 heteroatoms. The summed E-state index contributed by atoms with van der Waals surface area (Å²) < 4.78 is 1.16. The van der Waals surface area contributed by atoms with Crippen molar-refractivity contribution < 1.29 is 0 Å². The Bertz CT molecular complexity index is 370. The van der Waals surface area contributed by atoms with Crippen molar-refractivity contribution in [3.63, 3.8) is 0 Å². The van der Waals surface area contributed by atoms with E-state index in [0.29, 0.717) is 6.04 Å². The summed E-state index contributed by atoms with van der Waals surface area (Å²) in [6, 6.07) is 9.25. The van der Waals surface area contributed by atoms with Crippen LogP contribution in [0.4, 0.5) is 0 Å². The first-order chi connectivity index (χ1) is 8.08. The minimum atomic E-state index is 0.173. The highest BCUT2D eigenvalue weighted by Crippen LogP contribution is 2.25. The van der Waals surface area contributed by atoms with Gasteiger partial charge in [-0.2, -0.15) is 0 Å². The summed E-state index contributed by atoms with van der Waals surface area (Å²) in [7, 11) is 0. The lowest BCUT2D eigenvalue weighted by Gasteiger charge is -2.27. The minimum Gasteiger partial charge on any atom is -0.315 e. The van der Waals surface area contributed by atoms with Crippen LogP contribution in [0.2, 0.25) is 0 Å².